The van der Waals surface area contributed by atoms with Crippen LogP contribution in [-0.4, -0.2) is 24.2 Å². The Hall–Kier alpha value is -1.84. The minimum absolute atomic E-state index is 0.127. The van der Waals surface area contributed by atoms with E-state index in [9.17, 15) is 9.59 Å². The molecule has 0 fully saturated rings. The lowest BCUT2D eigenvalue weighted by Gasteiger charge is -2.06. The van der Waals surface area contributed by atoms with Gasteiger partial charge in [-0.25, -0.2) is 0 Å². The van der Waals surface area contributed by atoms with E-state index in [1.807, 2.05) is 25.2 Å². The second-order valence-corrected chi connectivity index (χ2v) is 2.99. The lowest BCUT2D eigenvalue weighted by Crippen LogP contribution is -2.24. The highest BCUT2D eigenvalue weighted by molar-refractivity contribution is 5.94. The van der Waals surface area contributed by atoms with Gasteiger partial charge in [0, 0.05) is 0 Å². The summed E-state index contributed by atoms with van der Waals surface area (Å²) in [5, 5.41) is 8.75. The zero-order valence-electron chi connectivity index (χ0n) is 9.42. The van der Waals surface area contributed by atoms with Crippen LogP contribution in [0.5, 0.6) is 0 Å². The van der Waals surface area contributed by atoms with E-state index >= 15 is 0 Å². The summed E-state index contributed by atoms with van der Waals surface area (Å²) in [4.78, 5) is 21.8. The molecule has 0 spiro atoms. The number of methoxy groups -OCH3 is 1. The molecule has 1 N–H and O–H groups in total. The molecule has 88 valence electrons. The van der Waals surface area contributed by atoms with Crippen LogP contribution in [0.3, 0.4) is 0 Å². The van der Waals surface area contributed by atoms with Crippen molar-refractivity contribution in [3.63, 3.8) is 0 Å². The first-order valence-corrected chi connectivity index (χ1v) is 4.88. The average molecular weight is 224 g/mol. The number of esters is 1. The Kier molecular flexibility index (Phi) is 7.49. The summed E-state index contributed by atoms with van der Waals surface area (Å²) in [6.07, 6.45) is 10.7. The molecule has 0 aromatic carbocycles. The minimum Gasteiger partial charge on any atom is -0.481 e. The van der Waals surface area contributed by atoms with E-state index in [2.05, 4.69) is 4.74 Å². The highest BCUT2D eigenvalue weighted by atomic mass is 16.5. The molecular weight excluding hydrogens is 208 g/mol. The van der Waals surface area contributed by atoms with Crippen molar-refractivity contribution in [2.45, 2.75) is 13.3 Å². The molecule has 4 nitrogen and oxygen atoms in total. The average Bonchev–Trinajstić information content (AvgIpc) is 2.26. The van der Waals surface area contributed by atoms with Crippen molar-refractivity contribution < 1.29 is 19.4 Å². The van der Waals surface area contributed by atoms with Crippen LogP contribution in [0.4, 0.5) is 0 Å². The van der Waals surface area contributed by atoms with Gasteiger partial charge in [0.2, 0.25) is 0 Å². The number of ether oxygens (including phenoxy) is 1. The summed E-state index contributed by atoms with van der Waals surface area (Å²) < 4.78 is 4.39. The summed E-state index contributed by atoms with van der Waals surface area (Å²) >= 11 is 0. The molecule has 0 saturated carbocycles. The smallest absolute Gasteiger partial charge is 0.320 e. The zero-order chi connectivity index (χ0) is 12.4. The summed E-state index contributed by atoms with van der Waals surface area (Å²) in [5.74, 6) is -3.03. The molecule has 0 saturated heterocycles. The summed E-state index contributed by atoms with van der Waals surface area (Å²) in [7, 11) is 1.17. The molecule has 0 amide bonds. The molecule has 0 heterocycles. The Morgan fingerprint density at radius 2 is 1.88 bits per heavy atom. The van der Waals surface area contributed by atoms with Gasteiger partial charge in [-0.3, -0.25) is 9.59 Å². The quantitative estimate of drug-likeness (QED) is 0.425. The van der Waals surface area contributed by atoms with E-state index in [-0.39, 0.29) is 6.42 Å². The Morgan fingerprint density at radius 1 is 1.25 bits per heavy atom. The van der Waals surface area contributed by atoms with E-state index in [1.165, 1.54) is 7.11 Å². The first-order chi connectivity index (χ1) is 7.63. The van der Waals surface area contributed by atoms with Crippen LogP contribution >= 0.6 is 0 Å². The summed E-state index contributed by atoms with van der Waals surface area (Å²) in [6.45, 7) is 1.89. The van der Waals surface area contributed by atoms with Gasteiger partial charge in [0.05, 0.1) is 7.11 Å². The van der Waals surface area contributed by atoms with E-state index in [4.69, 9.17) is 5.11 Å². The molecule has 0 aromatic heterocycles. The molecule has 0 aliphatic heterocycles. The lowest BCUT2D eigenvalue weighted by molar-refractivity contribution is -0.156. The van der Waals surface area contributed by atoms with Gasteiger partial charge in [-0.1, -0.05) is 36.5 Å². The summed E-state index contributed by atoms with van der Waals surface area (Å²) in [6, 6.07) is 0. The van der Waals surface area contributed by atoms with Crippen LogP contribution in [-0.2, 0) is 14.3 Å². The predicted molar refractivity (Wildman–Crippen MR) is 60.9 cm³/mol. The third-order valence-electron chi connectivity index (χ3n) is 1.82. The molecule has 0 aliphatic rings. The third-order valence-corrected chi connectivity index (χ3v) is 1.82. The van der Waals surface area contributed by atoms with Crippen molar-refractivity contribution in [2.24, 2.45) is 5.92 Å². The SMILES string of the molecule is C/C=C/C=C/C=C/CC(C(=O)O)C(=O)OC. The molecule has 1 unspecified atom stereocenters. The van der Waals surface area contributed by atoms with Crippen molar-refractivity contribution in [3.05, 3.63) is 36.5 Å². The van der Waals surface area contributed by atoms with Gasteiger partial charge in [0.25, 0.3) is 0 Å². The van der Waals surface area contributed by atoms with Crippen molar-refractivity contribution in [1.82, 2.24) is 0 Å². The Bertz CT molecular complexity index is 313. The number of carbonyl (C=O) groups is 2. The summed E-state index contributed by atoms with van der Waals surface area (Å²) in [5.41, 5.74) is 0. The minimum atomic E-state index is -1.17. The van der Waals surface area contributed by atoms with Crippen LogP contribution < -0.4 is 0 Å². The number of hydrogen-bond donors (Lipinski definition) is 1. The Balaban J connectivity index is 4.22. The van der Waals surface area contributed by atoms with Crippen LogP contribution in [0.1, 0.15) is 13.3 Å². The first-order valence-electron chi connectivity index (χ1n) is 4.88. The largest absolute Gasteiger partial charge is 0.481 e. The molecule has 1 atom stereocenters. The van der Waals surface area contributed by atoms with Gasteiger partial charge >= 0.3 is 11.9 Å². The normalized spacial score (nSPS) is 13.6. The van der Waals surface area contributed by atoms with Crippen LogP contribution in [0, 0.1) is 5.92 Å². The number of carboxylic acids is 1. The van der Waals surface area contributed by atoms with Crippen LogP contribution in [0.25, 0.3) is 0 Å². The third kappa shape index (κ3) is 5.80. The maximum atomic E-state index is 11.1. The van der Waals surface area contributed by atoms with Crippen molar-refractivity contribution >= 4 is 11.9 Å². The molecule has 0 rings (SSSR count). The molecule has 0 bridgehead atoms. The lowest BCUT2D eigenvalue weighted by atomic mass is 10.1. The van der Waals surface area contributed by atoms with Crippen molar-refractivity contribution in [1.29, 1.82) is 0 Å². The van der Waals surface area contributed by atoms with Crippen molar-refractivity contribution in [2.75, 3.05) is 7.11 Å². The molecule has 0 aromatic rings. The van der Waals surface area contributed by atoms with E-state index < -0.39 is 17.9 Å². The number of carboxylic acid groups (broad SMARTS) is 1. The van der Waals surface area contributed by atoms with E-state index in [1.54, 1.807) is 18.2 Å². The van der Waals surface area contributed by atoms with Crippen LogP contribution in [0.15, 0.2) is 36.5 Å². The molecule has 4 heteroatoms. The van der Waals surface area contributed by atoms with Gasteiger partial charge in [0.15, 0.2) is 5.92 Å². The molecule has 0 aliphatic carbocycles. The number of rotatable bonds is 6. The molecule has 0 radical (unpaired) electrons. The standard InChI is InChI=1S/C12H16O4/c1-3-4-5-6-7-8-9-10(11(13)14)12(15)16-2/h3-8,10H,9H2,1-2H3,(H,13,14)/b4-3+,6-5+,8-7+. The maximum absolute atomic E-state index is 11.1. The monoisotopic (exact) mass is 224 g/mol. The fourth-order valence-electron chi connectivity index (χ4n) is 0.973. The number of allylic oxidation sites excluding steroid dienone is 6. The van der Waals surface area contributed by atoms with Gasteiger partial charge < -0.3 is 9.84 Å². The zero-order valence-corrected chi connectivity index (χ0v) is 9.42. The van der Waals surface area contributed by atoms with E-state index in [0.29, 0.717) is 0 Å². The number of carbonyl (C=O) groups excluding carboxylic acids is 1. The second kappa shape index (κ2) is 8.47. The fraction of sp³-hybridized carbons (Fsp3) is 0.333. The number of aliphatic carboxylic acids is 1. The topological polar surface area (TPSA) is 63.6 Å². The van der Waals surface area contributed by atoms with Gasteiger partial charge in [-0.05, 0) is 13.3 Å². The van der Waals surface area contributed by atoms with Gasteiger partial charge in [-0.15, -0.1) is 0 Å². The Morgan fingerprint density at radius 3 is 2.38 bits per heavy atom. The number of hydrogen-bond acceptors (Lipinski definition) is 3. The van der Waals surface area contributed by atoms with Gasteiger partial charge in [0.1, 0.15) is 0 Å². The predicted octanol–water partition coefficient (Wildman–Crippen LogP) is 1.94. The highest BCUT2D eigenvalue weighted by Gasteiger charge is 2.25. The van der Waals surface area contributed by atoms with Gasteiger partial charge in [-0.2, -0.15) is 0 Å². The van der Waals surface area contributed by atoms with E-state index in [0.717, 1.165) is 0 Å². The fourth-order valence-corrected chi connectivity index (χ4v) is 0.973. The maximum Gasteiger partial charge on any atom is 0.320 e. The second-order valence-electron chi connectivity index (χ2n) is 2.99. The molecule has 16 heavy (non-hydrogen) atoms. The first kappa shape index (κ1) is 14.2. The van der Waals surface area contributed by atoms with Crippen molar-refractivity contribution in [3.8, 4) is 0 Å². The highest BCUT2D eigenvalue weighted by Crippen LogP contribution is 2.06. The van der Waals surface area contributed by atoms with Crippen LogP contribution in [0.2, 0.25) is 0 Å². The molecular formula is C12H16O4. The Labute approximate surface area is 94.9 Å².